The molecule has 6 rings (SSSR count). The second kappa shape index (κ2) is 5.06. The average Bonchev–Trinajstić information content (AvgIpc) is 2.69. The standard InChI is InChI=1S/C26H15/c1-2-7-19-13-24-16-26-22(14-23(24)12-18(19)6-1)10-9-21-11-17-5-3-4-8-20(17)15-25(21)26/h1-7,9-16H. The van der Waals surface area contributed by atoms with Crippen molar-refractivity contribution in [3.63, 3.8) is 0 Å². The van der Waals surface area contributed by atoms with Gasteiger partial charge in [0, 0.05) is 0 Å². The Morgan fingerprint density at radius 3 is 1.77 bits per heavy atom. The first kappa shape index (κ1) is 13.9. The molecule has 1 radical (unpaired) electrons. The van der Waals surface area contributed by atoms with Gasteiger partial charge in [0.1, 0.15) is 0 Å². The lowest BCUT2D eigenvalue weighted by atomic mass is 9.95. The summed E-state index contributed by atoms with van der Waals surface area (Å²) < 4.78 is 0. The van der Waals surface area contributed by atoms with Gasteiger partial charge in [-0.05, 0) is 96.3 Å². The highest BCUT2D eigenvalue weighted by Gasteiger charge is 2.06. The number of fused-ring (bicyclic) bond motifs is 6. The van der Waals surface area contributed by atoms with Gasteiger partial charge in [-0.2, -0.15) is 0 Å². The molecule has 119 valence electrons. The van der Waals surface area contributed by atoms with Crippen LogP contribution in [0.25, 0.3) is 53.9 Å². The molecule has 0 heterocycles. The van der Waals surface area contributed by atoms with Gasteiger partial charge in [0.05, 0.1) is 0 Å². The summed E-state index contributed by atoms with van der Waals surface area (Å²) >= 11 is 0. The van der Waals surface area contributed by atoms with Crippen LogP contribution in [-0.4, -0.2) is 0 Å². The van der Waals surface area contributed by atoms with E-state index in [4.69, 9.17) is 0 Å². The lowest BCUT2D eigenvalue weighted by Gasteiger charge is -2.09. The van der Waals surface area contributed by atoms with Crippen LogP contribution in [0.15, 0.2) is 91.0 Å². The summed E-state index contributed by atoms with van der Waals surface area (Å²) in [4.78, 5) is 0. The Labute approximate surface area is 151 Å². The van der Waals surface area contributed by atoms with Crippen LogP contribution in [0.2, 0.25) is 0 Å². The van der Waals surface area contributed by atoms with Crippen molar-refractivity contribution in [3.05, 3.63) is 97.1 Å². The number of benzene rings is 6. The maximum atomic E-state index is 3.37. The maximum absolute atomic E-state index is 3.37. The van der Waals surface area contributed by atoms with Crippen molar-refractivity contribution in [2.75, 3.05) is 0 Å². The molecule has 0 amide bonds. The minimum absolute atomic E-state index is 1.17. The van der Waals surface area contributed by atoms with Crippen LogP contribution in [0.3, 0.4) is 0 Å². The van der Waals surface area contributed by atoms with Crippen LogP contribution in [0, 0.1) is 6.07 Å². The summed E-state index contributed by atoms with van der Waals surface area (Å²) in [6, 6.07) is 36.4. The minimum atomic E-state index is 1.17. The van der Waals surface area contributed by atoms with Crippen LogP contribution >= 0.6 is 0 Å². The Morgan fingerprint density at radius 2 is 1.00 bits per heavy atom. The van der Waals surface area contributed by atoms with Gasteiger partial charge < -0.3 is 0 Å². The third-order valence-corrected chi connectivity index (χ3v) is 5.44. The Morgan fingerprint density at radius 1 is 0.423 bits per heavy atom. The van der Waals surface area contributed by atoms with Gasteiger partial charge >= 0.3 is 0 Å². The predicted molar refractivity (Wildman–Crippen MR) is 113 cm³/mol. The largest absolute Gasteiger partial charge is 0.0616 e. The van der Waals surface area contributed by atoms with Gasteiger partial charge in [0.25, 0.3) is 0 Å². The summed E-state index contributed by atoms with van der Waals surface area (Å²) in [6.07, 6.45) is 0. The molecule has 0 spiro atoms. The van der Waals surface area contributed by atoms with Crippen molar-refractivity contribution in [1.29, 1.82) is 0 Å². The highest BCUT2D eigenvalue weighted by atomic mass is 14.1. The average molecular weight is 327 g/mol. The molecule has 0 saturated heterocycles. The first-order valence-corrected chi connectivity index (χ1v) is 8.95. The fourth-order valence-electron chi connectivity index (χ4n) is 4.12. The quantitative estimate of drug-likeness (QED) is 0.203. The first-order valence-electron chi connectivity index (χ1n) is 8.95. The molecule has 0 aromatic heterocycles. The Kier molecular flexibility index (Phi) is 2.70. The summed E-state index contributed by atoms with van der Waals surface area (Å²) in [5, 5.41) is 12.8. The van der Waals surface area contributed by atoms with Gasteiger partial charge in [-0.15, -0.1) is 0 Å². The maximum Gasteiger partial charge on any atom is -0.00986 e. The zero-order valence-corrected chi connectivity index (χ0v) is 14.2. The van der Waals surface area contributed by atoms with Gasteiger partial charge in [0.15, 0.2) is 0 Å². The molecule has 0 unspecified atom stereocenters. The normalized spacial score (nSPS) is 11.8. The minimum Gasteiger partial charge on any atom is -0.0616 e. The second-order valence-corrected chi connectivity index (χ2v) is 7.02. The van der Waals surface area contributed by atoms with Gasteiger partial charge in [0.2, 0.25) is 0 Å². The van der Waals surface area contributed by atoms with Crippen molar-refractivity contribution in [1.82, 2.24) is 0 Å². The zero-order valence-electron chi connectivity index (χ0n) is 14.2. The molecular weight excluding hydrogens is 312 g/mol. The molecular formula is C26H15. The van der Waals surface area contributed by atoms with Gasteiger partial charge in [-0.1, -0.05) is 54.6 Å². The summed E-state index contributed by atoms with van der Waals surface area (Å²) in [5.41, 5.74) is 0. The molecule has 0 aliphatic rings. The van der Waals surface area contributed by atoms with E-state index in [0.717, 1.165) is 0 Å². The summed E-state index contributed by atoms with van der Waals surface area (Å²) in [5.74, 6) is 0. The fraction of sp³-hybridized carbons (Fsp3) is 0. The predicted octanol–water partition coefficient (Wildman–Crippen LogP) is 7.25. The lowest BCUT2D eigenvalue weighted by Crippen LogP contribution is -1.82. The molecule has 0 heteroatoms. The number of rotatable bonds is 0. The molecule has 0 fully saturated rings. The van der Waals surface area contributed by atoms with Crippen molar-refractivity contribution < 1.29 is 0 Å². The Bertz CT molecular complexity index is 1460. The SMILES string of the molecule is [c]1cccc2cc3ccc4cc5cc6ccccc6cc5cc4c3cc12. The topological polar surface area (TPSA) is 0 Å². The van der Waals surface area contributed by atoms with Crippen LogP contribution in [0.5, 0.6) is 0 Å². The molecule has 0 saturated carbocycles. The van der Waals surface area contributed by atoms with Crippen LogP contribution in [-0.2, 0) is 0 Å². The third kappa shape index (κ3) is 1.96. The van der Waals surface area contributed by atoms with Crippen molar-refractivity contribution in [2.45, 2.75) is 0 Å². The molecule has 0 nitrogen and oxygen atoms in total. The van der Waals surface area contributed by atoms with Gasteiger partial charge in [-0.25, -0.2) is 0 Å². The van der Waals surface area contributed by atoms with E-state index in [9.17, 15) is 0 Å². The Balaban J connectivity index is 1.78. The molecule has 26 heavy (non-hydrogen) atoms. The van der Waals surface area contributed by atoms with Crippen LogP contribution in [0.4, 0.5) is 0 Å². The van der Waals surface area contributed by atoms with E-state index >= 15 is 0 Å². The van der Waals surface area contributed by atoms with E-state index in [2.05, 4.69) is 84.9 Å². The van der Waals surface area contributed by atoms with E-state index in [0.29, 0.717) is 0 Å². The van der Waals surface area contributed by atoms with Crippen molar-refractivity contribution in [3.8, 4) is 0 Å². The molecule has 0 N–H and O–H groups in total. The van der Waals surface area contributed by atoms with E-state index in [-0.39, 0.29) is 0 Å². The molecule has 0 aliphatic carbocycles. The third-order valence-electron chi connectivity index (χ3n) is 5.44. The zero-order chi connectivity index (χ0) is 17.1. The lowest BCUT2D eigenvalue weighted by molar-refractivity contribution is 1.77. The highest BCUT2D eigenvalue weighted by molar-refractivity contribution is 6.16. The second-order valence-electron chi connectivity index (χ2n) is 7.02. The van der Waals surface area contributed by atoms with Crippen molar-refractivity contribution in [2.24, 2.45) is 0 Å². The van der Waals surface area contributed by atoms with E-state index < -0.39 is 0 Å². The number of hydrogen-bond donors (Lipinski definition) is 0. The van der Waals surface area contributed by atoms with E-state index in [1.54, 1.807) is 0 Å². The summed E-state index contributed by atoms with van der Waals surface area (Å²) in [6.45, 7) is 0. The Hall–Kier alpha value is -3.38. The van der Waals surface area contributed by atoms with Crippen molar-refractivity contribution >= 4 is 53.9 Å². The molecule has 0 atom stereocenters. The monoisotopic (exact) mass is 327 g/mol. The van der Waals surface area contributed by atoms with E-state index in [1.807, 2.05) is 12.1 Å². The first-order chi connectivity index (χ1) is 12.8. The van der Waals surface area contributed by atoms with Crippen LogP contribution < -0.4 is 0 Å². The molecule has 0 bridgehead atoms. The summed E-state index contributed by atoms with van der Waals surface area (Å²) in [7, 11) is 0. The molecule has 0 aliphatic heterocycles. The number of hydrogen-bond acceptors (Lipinski definition) is 0. The van der Waals surface area contributed by atoms with Crippen LogP contribution in [0.1, 0.15) is 0 Å². The molecule has 6 aromatic rings. The fourth-order valence-corrected chi connectivity index (χ4v) is 4.12. The molecule has 6 aromatic carbocycles. The van der Waals surface area contributed by atoms with E-state index in [1.165, 1.54) is 53.9 Å². The van der Waals surface area contributed by atoms with Gasteiger partial charge in [-0.3, -0.25) is 0 Å². The highest BCUT2D eigenvalue weighted by Crippen LogP contribution is 2.33. The smallest absolute Gasteiger partial charge is 0.00986 e.